The van der Waals surface area contributed by atoms with Gasteiger partial charge in [0.1, 0.15) is 11.5 Å². The Morgan fingerprint density at radius 1 is 1.16 bits per heavy atom. The van der Waals surface area contributed by atoms with Crippen molar-refractivity contribution >= 4 is 65.9 Å². The maximum Gasteiger partial charge on any atom is 0.238 e. The maximum absolute atomic E-state index is 12.8. The van der Waals surface area contributed by atoms with Crippen LogP contribution in [0.3, 0.4) is 0 Å². The largest absolute Gasteiger partial charge is 0.497 e. The van der Waals surface area contributed by atoms with E-state index in [0.717, 1.165) is 22.2 Å². The van der Waals surface area contributed by atoms with Crippen LogP contribution in [0.2, 0.25) is 5.02 Å². The lowest BCUT2D eigenvalue weighted by atomic mass is 9.99. The molecule has 0 amide bonds. The Kier molecular flexibility index (Phi) is 7.34. The lowest BCUT2D eigenvalue weighted by Crippen LogP contribution is -2.13. The Bertz CT molecular complexity index is 1640. The molecule has 0 unspecified atom stereocenters. The molecule has 0 spiro atoms. The minimum atomic E-state index is -3.87. The number of ether oxygens (including phenoxy) is 1. The second-order valence-electron chi connectivity index (χ2n) is 8.75. The number of hydrogen-bond acceptors (Lipinski definition) is 7. The first-order valence-electron chi connectivity index (χ1n) is 11.3. The molecule has 1 aliphatic carbocycles. The van der Waals surface area contributed by atoms with Gasteiger partial charge in [0.2, 0.25) is 14.8 Å². The number of benzene rings is 3. The van der Waals surface area contributed by atoms with Crippen LogP contribution in [0.25, 0.3) is 16.5 Å². The molecule has 0 saturated heterocycles. The molecule has 0 radical (unpaired) electrons. The standard InChI is InChI=1S/C25H22BrClN4O4S2/c1-35-17-5-7-20-19(14-2-3-14)8-9-23(21(20)11-17)31-24(26)29-30-25(31)36-13-16(32)10-15-4-6-18(12-22(15)27)37(28,33)34/h4-9,11-12,14H,2-3,10,13H2,1H3,(H2,28,33,34). The zero-order valence-corrected chi connectivity index (χ0v) is 23.6. The summed E-state index contributed by atoms with van der Waals surface area (Å²) in [6.07, 6.45) is 2.42. The van der Waals surface area contributed by atoms with Crippen molar-refractivity contribution in [1.82, 2.24) is 14.8 Å². The predicted molar refractivity (Wildman–Crippen MR) is 147 cm³/mol. The third kappa shape index (κ3) is 5.56. The van der Waals surface area contributed by atoms with E-state index in [1.54, 1.807) is 7.11 Å². The number of nitrogens with two attached hydrogens (primary N) is 1. The normalized spacial score (nSPS) is 13.7. The number of carbonyl (C=O) groups excluding carboxylic acids is 1. The number of nitrogens with zero attached hydrogens (tertiary/aromatic N) is 3. The van der Waals surface area contributed by atoms with Crippen molar-refractivity contribution in [2.75, 3.05) is 12.9 Å². The van der Waals surface area contributed by atoms with E-state index in [-0.39, 0.29) is 27.9 Å². The molecule has 0 aliphatic heterocycles. The molecule has 1 saturated carbocycles. The van der Waals surface area contributed by atoms with Crippen LogP contribution in [0.5, 0.6) is 5.75 Å². The minimum Gasteiger partial charge on any atom is -0.497 e. The Morgan fingerprint density at radius 3 is 2.62 bits per heavy atom. The molecule has 2 N–H and O–H groups in total. The molecule has 1 fully saturated rings. The van der Waals surface area contributed by atoms with E-state index in [2.05, 4.69) is 44.3 Å². The van der Waals surface area contributed by atoms with E-state index in [1.165, 1.54) is 48.4 Å². The SMILES string of the molecule is COc1ccc2c(C3CC3)ccc(-n3c(Br)nnc3SCC(=O)Cc3ccc(S(N)(=O)=O)cc3Cl)c2c1. The summed E-state index contributed by atoms with van der Waals surface area (Å²) in [5.41, 5.74) is 2.73. The zero-order valence-electron chi connectivity index (χ0n) is 19.6. The van der Waals surface area contributed by atoms with Crippen LogP contribution in [0.4, 0.5) is 0 Å². The van der Waals surface area contributed by atoms with Gasteiger partial charge in [0.25, 0.3) is 0 Å². The summed E-state index contributed by atoms with van der Waals surface area (Å²) in [6.45, 7) is 0. The smallest absolute Gasteiger partial charge is 0.238 e. The Labute approximate surface area is 231 Å². The van der Waals surface area contributed by atoms with Crippen molar-refractivity contribution in [3.8, 4) is 11.4 Å². The molecule has 12 heteroatoms. The van der Waals surface area contributed by atoms with E-state index >= 15 is 0 Å². The van der Waals surface area contributed by atoms with Crippen LogP contribution in [-0.2, 0) is 21.2 Å². The van der Waals surface area contributed by atoms with E-state index in [1.807, 2.05) is 16.7 Å². The topological polar surface area (TPSA) is 117 Å². The molecule has 1 aliphatic rings. The molecule has 8 nitrogen and oxygen atoms in total. The Balaban J connectivity index is 1.40. The van der Waals surface area contributed by atoms with Crippen LogP contribution in [0.1, 0.15) is 29.9 Å². The fourth-order valence-electron chi connectivity index (χ4n) is 4.21. The maximum atomic E-state index is 12.8. The first-order valence-corrected chi connectivity index (χ1v) is 15.0. The molecule has 1 heterocycles. The van der Waals surface area contributed by atoms with Gasteiger partial charge in [0.05, 0.1) is 23.4 Å². The van der Waals surface area contributed by atoms with Gasteiger partial charge in [0.15, 0.2) is 5.16 Å². The fourth-order valence-corrected chi connectivity index (χ4v) is 6.42. The average molecular weight is 622 g/mol. The molecular weight excluding hydrogens is 600 g/mol. The summed E-state index contributed by atoms with van der Waals surface area (Å²) in [7, 11) is -2.23. The Morgan fingerprint density at radius 2 is 1.95 bits per heavy atom. The van der Waals surface area contributed by atoms with Crippen molar-refractivity contribution in [1.29, 1.82) is 0 Å². The number of aromatic nitrogens is 3. The van der Waals surface area contributed by atoms with Crippen LogP contribution in [0, 0.1) is 0 Å². The lowest BCUT2D eigenvalue weighted by Gasteiger charge is -2.15. The van der Waals surface area contributed by atoms with Gasteiger partial charge >= 0.3 is 0 Å². The molecule has 1 aromatic heterocycles. The minimum absolute atomic E-state index is 0.0439. The van der Waals surface area contributed by atoms with Gasteiger partial charge < -0.3 is 4.74 Å². The summed E-state index contributed by atoms with van der Waals surface area (Å²) in [6, 6.07) is 14.4. The number of ketones is 1. The molecular formula is C25H22BrClN4O4S2. The molecule has 5 rings (SSSR count). The quantitative estimate of drug-likeness (QED) is 0.253. The van der Waals surface area contributed by atoms with Gasteiger partial charge in [-0.15, -0.1) is 10.2 Å². The second kappa shape index (κ2) is 10.4. The van der Waals surface area contributed by atoms with Crippen LogP contribution >= 0.6 is 39.3 Å². The van der Waals surface area contributed by atoms with E-state index < -0.39 is 10.0 Å². The van der Waals surface area contributed by atoms with Crippen molar-refractivity contribution in [3.05, 3.63) is 69.4 Å². The monoisotopic (exact) mass is 620 g/mol. The average Bonchev–Trinajstić information content (AvgIpc) is 3.64. The lowest BCUT2D eigenvalue weighted by molar-refractivity contribution is -0.116. The van der Waals surface area contributed by atoms with Gasteiger partial charge in [-0.1, -0.05) is 41.6 Å². The number of Topliss-reactive ketones (excluding diaryl/α,β-unsaturated/α-hetero) is 1. The Hall–Kier alpha value is -2.44. The molecule has 0 bridgehead atoms. The highest BCUT2D eigenvalue weighted by Gasteiger charge is 2.27. The molecule has 3 aromatic carbocycles. The highest BCUT2D eigenvalue weighted by molar-refractivity contribution is 9.10. The number of halogens is 2. The van der Waals surface area contributed by atoms with Crippen molar-refractivity contribution in [3.63, 3.8) is 0 Å². The number of carbonyl (C=O) groups is 1. The predicted octanol–water partition coefficient (Wildman–Crippen LogP) is 5.27. The summed E-state index contributed by atoms with van der Waals surface area (Å²) in [5.74, 6) is 1.35. The summed E-state index contributed by atoms with van der Waals surface area (Å²) >= 11 is 11.0. The number of fused-ring (bicyclic) bond motifs is 1. The van der Waals surface area contributed by atoms with Crippen molar-refractivity contribution in [2.24, 2.45) is 5.14 Å². The van der Waals surface area contributed by atoms with Crippen LogP contribution in [-0.4, -0.2) is 41.8 Å². The number of sulfonamides is 1. The highest BCUT2D eigenvalue weighted by Crippen LogP contribution is 2.45. The van der Waals surface area contributed by atoms with E-state index in [9.17, 15) is 13.2 Å². The molecule has 192 valence electrons. The van der Waals surface area contributed by atoms with Gasteiger partial charge in [-0.25, -0.2) is 13.6 Å². The highest BCUT2D eigenvalue weighted by atomic mass is 79.9. The summed E-state index contributed by atoms with van der Waals surface area (Å²) < 4.78 is 30.9. The van der Waals surface area contributed by atoms with Gasteiger partial charge in [-0.05, 0) is 81.5 Å². The van der Waals surface area contributed by atoms with Crippen LogP contribution < -0.4 is 9.88 Å². The van der Waals surface area contributed by atoms with Gasteiger partial charge in [0, 0.05) is 16.8 Å². The number of thioether (sulfide) groups is 1. The van der Waals surface area contributed by atoms with Gasteiger partial charge in [-0.2, -0.15) is 0 Å². The van der Waals surface area contributed by atoms with Crippen molar-refractivity contribution < 1.29 is 17.9 Å². The third-order valence-electron chi connectivity index (χ3n) is 6.19. The van der Waals surface area contributed by atoms with Crippen LogP contribution in [0.15, 0.2) is 63.3 Å². The number of methoxy groups -OCH3 is 1. The first kappa shape index (κ1) is 26.2. The zero-order chi connectivity index (χ0) is 26.3. The number of primary sulfonamides is 1. The number of rotatable bonds is 9. The molecule has 37 heavy (non-hydrogen) atoms. The summed E-state index contributed by atoms with van der Waals surface area (Å²) in [4.78, 5) is 12.7. The van der Waals surface area contributed by atoms with Gasteiger partial charge in [-0.3, -0.25) is 9.36 Å². The fraction of sp³-hybridized carbons (Fsp3) is 0.240. The first-order chi connectivity index (χ1) is 17.7. The summed E-state index contributed by atoms with van der Waals surface area (Å²) in [5, 5.41) is 16.5. The van der Waals surface area contributed by atoms with Crippen molar-refractivity contribution in [2.45, 2.75) is 35.2 Å². The second-order valence-corrected chi connectivity index (χ2v) is 12.4. The molecule has 0 atom stereocenters. The number of hydrogen-bond donors (Lipinski definition) is 1. The third-order valence-corrected chi connectivity index (χ3v) is 8.95. The van der Waals surface area contributed by atoms with E-state index in [4.69, 9.17) is 21.5 Å². The van der Waals surface area contributed by atoms with E-state index in [0.29, 0.717) is 21.4 Å². The molecule has 4 aromatic rings.